The van der Waals surface area contributed by atoms with Gasteiger partial charge in [0.15, 0.2) is 0 Å². The molecule has 0 radical (unpaired) electrons. The summed E-state index contributed by atoms with van der Waals surface area (Å²) in [6, 6.07) is 72.5. The quantitative estimate of drug-likeness (QED) is 0.169. The van der Waals surface area contributed by atoms with E-state index < -0.39 is 0 Å². The lowest BCUT2D eigenvalue weighted by Crippen LogP contribution is -2.15. The first-order chi connectivity index (χ1) is 28.0. The van der Waals surface area contributed by atoms with Crippen molar-refractivity contribution in [1.82, 2.24) is 0 Å². The van der Waals surface area contributed by atoms with E-state index in [1.54, 1.807) is 0 Å². The van der Waals surface area contributed by atoms with Crippen LogP contribution in [-0.4, -0.2) is 0 Å². The fourth-order valence-corrected chi connectivity index (χ4v) is 9.23. The average molecular weight is 730 g/mol. The van der Waals surface area contributed by atoms with Crippen molar-refractivity contribution in [3.63, 3.8) is 0 Å². The smallest absolute Gasteiger partial charge is 0.145 e. The van der Waals surface area contributed by atoms with Crippen molar-refractivity contribution < 1.29 is 4.42 Å². The molecule has 1 heterocycles. The van der Waals surface area contributed by atoms with E-state index in [1.165, 1.54) is 55.3 Å². The Labute approximate surface area is 332 Å². The van der Waals surface area contributed by atoms with Gasteiger partial charge in [-0.05, 0) is 103 Å². The molecule has 10 aromatic rings. The first-order valence-corrected chi connectivity index (χ1v) is 19.8. The van der Waals surface area contributed by atoms with Crippen LogP contribution in [0, 0.1) is 0 Å². The number of benzene rings is 9. The Kier molecular flexibility index (Phi) is 7.55. The first kappa shape index (κ1) is 33.2. The zero-order valence-electron chi connectivity index (χ0n) is 31.9. The molecule has 1 aliphatic rings. The number of furan rings is 1. The Morgan fingerprint density at radius 2 is 0.982 bits per heavy atom. The van der Waals surface area contributed by atoms with Crippen molar-refractivity contribution in [3.8, 4) is 44.5 Å². The highest BCUT2D eigenvalue weighted by atomic mass is 16.3. The molecule has 270 valence electrons. The van der Waals surface area contributed by atoms with E-state index in [0.29, 0.717) is 0 Å². The summed E-state index contributed by atoms with van der Waals surface area (Å²) in [6.07, 6.45) is 0. The molecule has 0 saturated carbocycles. The second kappa shape index (κ2) is 13.0. The van der Waals surface area contributed by atoms with Gasteiger partial charge in [-0.15, -0.1) is 0 Å². The molecule has 2 heteroatoms. The summed E-state index contributed by atoms with van der Waals surface area (Å²) in [6.45, 7) is 4.68. The fourth-order valence-electron chi connectivity index (χ4n) is 9.23. The van der Waals surface area contributed by atoms with Crippen LogP contribution in [0.25, 0.3) is 77.2 Å². The molecule has 0 spiro atoms. The second-order valence-electron chi connectivity index (χ2n) is 15.7. The lowest BCUT2D eigenvalue weighted by atomic mass is 9.82. The molecule has 0 amide bonds. The Bertz CT molecular complexity index is 3130. The van der Waals surface area contributed by atoms with E-state index in [2.05, 4.69) is 219 Å². The molecule has 57 heavy (non-hydrogen) atoms. The highest BCUT2D eigenvalue weighted by molar-refractivity contribution is 6.18. The van der Waals surface area contributed by atoms with Crippen LogP contribution in [0.5, 0.6) is 0 Å². The van der Waals surface area contributed by atoms with Crippen molar-refractivity contribution in [2.75, 3.05) is 4.90 Å². The topological polar surface area (TPSA) is 16.4 Å². The van der Waals surface area contributed by atoms with E-state index in [0.717, 1.165) is 50.1 Å². The monoisotopic (exact) mass is 729 g/mol. The number of nitrogens with zero attached hydrogens (tertiary/aromatic N) is 1. The minimum atomic E-state index is -0.0822. The molecule has 2 nitrogen and oxygen atoms in total. The van der Waals surface area contributed by atoms with Crippen molar-refractivity contribution in [2.45, 2.75) is 19.3 Å². The van der Waals surface area contributed by atoms with Gasteiger partial charge in [0.1, 0.15) is 11.2 Å². The molecule has 0 atom stereocenters. The summed E-state index contributed by atoms with van der Waals surface area (Å²) < 4.78 is 6.89. The van der Waals surface area contributed by atoms with Crippen LogP contribution >= 0.6 is 0 Å². The molecule has 9 aromatic carbocycles. The molecule has 0 fully saturated rings. The van der Waals surface area contributed by atoms with E-state index in [9.17, 15) is 0 Å². The zero-order chi connectivity index (χ0) is 38.1. The molecule has 11 rings (SSSR count). The molecule has 1 aromatic heterocycles. The van der Waals surface area contributed by atoms with Gasteiger partial charge in [-0.2, -0.15) is 0 Å². The maximum absolute atomic E-state index is 6.89. The normalized spacial score (nSPS) is 12.9. The minimum Gasteiger partial charge on any atom is -0.455 e. The summed E-state index contributed by atoms with van der Waals surface area (Å²) in [5.74, 6) is 0. The van der Waals surface area contributed by atoms with Gasteiger partial charge in [-0.1, -0.05) is 172 Å². The highest BCUT2D eigenvalue weighted by Crippen LogP contribution is 2.52. The molecule has 0 saturated heterocycles. The average Bonchev–Trinajstić information content (AvgIpc) is 3.77. The lowest BCUT2D eigenvalue weighted by Gasteiger charge is -2.28. The van der Waals surface area contributed by atoms with E-state index in [-0.39, 0.29) is 5.41 Å². The molecule has 1 aliphatic carbocycles. The van der Waals surface area contributed by atoms with Gasteiger partial charge in [-0.25, -0.2) is 0 Å². The van der Waals surface area contributed by atoms with Crippen LogP contribution < -0.4 is 4.90 Å². The summed E-state index contributed by atoms with van der Waals surface area (Å²) in [5.41, 5.74) is 17.3. The van der Waals surface area contributed by atoms with Gasteiger partial charge in [0.05, 0.1) is 11.1 Å². The van der Waals surface area contributed by atoms with Crippen LogP contribution in [0.4, 0.5) is 17.1 Å². The summed E-state index contributed by atoms with van der Waals surface area (Å²) >= 11 is 0. The predicted molar refractivity (Wildman–Crippen MR) is 240 cm³/mol. The zero-order valence-corrected chi connectivity index (χ0v) is 31.9. The van der Waals surface area contributed by atoms with Crippen LogP contribution in [-0.2, 0) is 5.41 Å². The number of fused-ring (bicyclic) bond motifs is 7. The molecular weight excluding hydrogens is 691 g/mol. The maximum Gasteiger partial charge on any atom is 0.145 e. The third-order valence-electron chi connectivity index (χ3n) is 12.1. The standard InChI is InChI=1S/C55H39NO/c1-55(2)49-21-10-8-18-45(49)48-35-42(31-33-50(48)55)56(41-29-27-39(28-30-41)38-25-23-37(24-26-38)36-13-4-3-5-14-36)51-34-32-46(44-20-12-16-40-15-6-7-17-43(40)44)54-53(51)47-19-9-11-22-52(47)57-54/h3-35H,1-2H3. The van der Waals surface area contributed by atoms with E-state index in [1.807, 2.05) is 0 Å². The molecular formula is C55H39NO. The lowest BCUT2D eigenvalue weighted by molar-refractivity contribution is 0.660. The first-order valence-electron chi connectivity index (χ1n) is 19.8. The SMILES string of the molecule is CC1(C)c2ccccc2-c2cc(N(c3ccc(-c4ccc(-c5ccccc5)cc4)cc3)c3ccc(-c4cccc5ccccc45)c4oc5ccccc5c34)ccc21. The number of hydrogen-bond donors (Lipinski definition) is 0. The number of hydrogen-bond acceptors (Lipinski definition) is 2. The number of rotatable bonds is 6. The Morgan fingerprint density at radius 3 is 1.77 bits per heavy atom. The summed E-state index contributed by atoms with van der Waals surface area (Å²) in [7, 11) is 0. The Balaban J connectivity index is 1.11. The van der Waals surface area contributed by atoms with Gasteiger partial charge in [0.2, 0.25) is 0 Å². The Hall–Kier alpha value is -7.16. The van der Waals surface area contributed by atoms with Crippen LogP contribution in [0.3, 0.4) is 0 Å². The largest absolute Gasteiger partial charge is 0.455 e. The summed E-state index contributed by atoms with van der Waals surface area (Å²) in [5, 5.41) is 4.61. The molecule has 0 bridgehead atoms. The van der Waals surface area contributed by atoms with Gasteiger partial charge in [0, 0.05) is 27.7 Å². The number of para-hydroxylation sites is 1. The maximum atomic E-state index is 6.89. The molecule has 0 aliphatic heterocycles. The third-order valence-corrected chi connectivity index (χ3v) is 12.1. The van der Waals surface area contributed by atoms with Crippen LogP contribution in [0.15, 0.2) is 205 Å². The van der Waals surface area contributed by atoms with Crippen molar-refractivity contribution >= 4 is 49.8 Å². The van der Waals surface area contributed by atoms with Gasteiger partial charge in [-0.3, -0.25) is 0 Å². The van der Waals surface area contributed by atoms with E-state index in [4.69, 9.17) is 4.42 Å². The van der Waals surface area contributed by atoms with E-state index >= 15 is 0 Å². The van der Waals surface area contributed by atoms with Crippen LogP contribution in [0.1, 0.15) is 25.0 Å². The fraction of sp³-hybridized carbons (Fsp3) is 0.0545. The highest BCUT2D eigenvalue weighted by Gasteiger charge is 2.35. The van der Waals surface area contributed by atoms with Gasteiger partial charge < -0.3 is 9.32 Å². The van der Waals surface area contributed by atoms with Gasteiger partial charge >= 0.3 is 0 Å². The molecule has 0 N–H and O–H groups in total. The van der Waals surface area contributed by atoms with Crippen molar-refractivity contribution in [1.29, 1.82) is 0 Å². The third kappa shape index (κ3) is 5.33. The van der Waals surface area contributed by atoms with Crippen molar-refractivity contribution in [3.05, 3.63) is 211 Å². The number of anilines is 3. The van der Waals surface area contributed by atoms with Gasteiger partial charge in [0.25, 0.3) is 0 Å². The predicted octanol–water partition coefficient (Wildman–Crippen LogP) is 15.5. The minimum absolute atomic E-state index is 0.0822. The second-order valence-corrected chi connectivity index (χ2v) is 15.7. The summed E-state index contributed by atoms with van der Waals surface area (Å²) in [4.78, 5) is 2.42. The molecule has 0 unspecified atom stereocenters. The van der Waals surface area contributed by atoms with Crippen LogP contribution in [0.2, 0.25) is 0 Å². The Morgan fingerprint density at radius 1 is 0.404 bits per heavy atom. The van der Waals surface area contributed by atoms with Crippen molar-refractivity contribution in [2.24, 2.45) is 0 Å².